The Morgan fingerprint density at radius 1 is 1.32 bits per heavy atom. The van der Waals surface area contributed by atoms with E-state index in [4.69, 9.17) is 5.11 Å². The summed E-state index contributed by atoms with van der Waals surface area (Å²) in [6.45, 7) is 3.67. The third-order valence-corrected chi connectivity index (χ3v) is 5.29. The van der Waals surface area contributed by atoms with Crippen LogP contribution in [0.25, 0.3) is 0 Å². The Kier molecular flexibility index (Phi) is 6.34. The molecule has 0 radical (unpaired) electrons. The molecule has 1 unspecified atom stereocenters. The number of halogens is 3. The highest BCUT2D eigenvalue weighted by Crippen LogP contribution is 2.38. The lowest BCUT2D eigenvalue weighted by molar-refractivity contribution is -0.271. The predicted octanol–water partition coefficient (Wildman–Crippen LogP) is 2.72. The molecule has 22 heavy (non-hydrogen) atoms. The lowest BCUT2D eigenvalue weighted by Gasteiger charge is -2.35. The molecule has 2 N–H and O–H groups in total. The van der Waals surface area contributed by atoms with Crippen LogP contribution in [0.15, 0.2) is 41.8 Å². The van der Waals surface area contributed by atoms with Crippen LogP contribution in [0.1, 0.15) is 18.4 Å². The number of hydrogen-bond donors (Lipinski definition) is 2. The van der Waals surface area contributed by atoms with Crippen molar-refractivity contribution >= 4 is 10.8 Å². The summed E-state index contributed by atoms with van der Waals surface area (Å²) in [7, 11) is -2.12. The third kappa shape index (κ3) is 3.97. The molecular formula is C15H19F3O3S. The van der Waals surface area contributed by atoms with Gasteiger partial charge in [-0.15, -0.1) is 6.58 Å². The monoisotopic (exact) mass is 336 g/mol. The van der Waals surface area contributed by atoms with Crippen LogP contribution in [0.3, 0.4) is 0 Å². The van der Waals surface area contributed by atoms with Gasteiger partial charge in [0.25, 0.3) is 0 Å². The van der Waals surface area contributed by atoms with Gasteiger partial charge >= 0.3 is 6.18 Å². The Labute approximate surface area is 129 Å². The first kappa shape index (κ1) is 18.9. The van der Waals surface area contributed by atoms with E-state index in [-0.39, 0.29) is 17.7 Å². The number of hydrogen-bond acceptors (Lipinski definition) is 3. The summed E-state index contributed by atoms with van der Waals surface area (Å²) in [6.07, 6.45) is -3.78. The van der Waals surface area contributed by atoms with Crippen molar-refractivity contribution in [1.29, 1.82) is 0 Å². The van der Waals surface area contributed by atoms with E-state index >= 15 is 0 Å². The summed E-state index contributed by atoms with van der Waals surface area (Å²) >= 11 is 0. The maximum absolute atomic E-state index is 13.2. The molecule has 0 bridgehead atoms. The van der Waals surface area contributed by atoms with Gasteiger partial charge in [0.1, 0.15) is 0 Å². The Morgan fingerprint density at radius 2 is 1.86 bits per heavy atom. The second-order valence-corrected chi connectivity index (χ2v) is 6.68. The Balaban J connectivity index is 3.24. The number of alkyl halides is 3. The standard InChI is InChI=1S/C15H19F3O3S/c1-3-4-5-13(14(20,10-19)15(16,17)18)22(21)12-8-6-11(2)7-9-12/h3,6-9,13,19-20H,1,4-5,10H2,2H3/t13-,14+,22?/m0/s1. The molecule has 0 saturated carbocycles. The molecule has 0 amide bonds. The van der Waals surface area contributed by atoms with Gasteiger partial charge in [0, 0.05) is 4.90 Å². The van der Waals surface area contributed by atoms with Crippen molar-refractivity contribution < 1.29 is 27.6 Å². The SMILES string of the molecule is C=CCC[C@H](S(=O)c1ccc(C)cc1)[C@](O)(CO)C(F)(F)F. The summed E-state index contributed by atoms with van der Waals surface area (Å²) in [5.74, 6) is 0. The lowest BCUT2D eigenvalue weighted by Crippen LogP contribution is -2.58. The number of rotatable bonds is 7. The fourth-order valence-electron chi connectivity index (χ4n) is 2.00. The van der Waals surface area contributed by atoms with Gasteiger partial charge in [-0.3, -0.25) is 4.21 Å². The molecule has 3 nitrogen and oxygen atoms in total. The fraction of sp³-hybridized carbons (Fsp3) is 0.467. The summed E-state index contributed by atoms with van der Waals surface area (Å²) in [5.41, 5.74) is -2.55. The highest BCUT2D eigenvalue weighted by atomic mass is 32.2. The van der Waals surface area contributed by atoms with Gasteiger partial charge < -0.3 is 10.2 Å². The lowest BCUT2D eigenvalue weighted by atomic mass is 9.96. The molecule has 0 aliphatic rings. The van der Waals surface area contributed by atoms with Gasteiger partial charge in [-0.2, -0.15) is 13.2 Å². The molecule has 0 saturated heterocycles. The van der Waals surface area contributed by atoms with Crippen LogP contribution in [0.2, 0.25) is 0 Å². The average Bonchev–Trinajstić information content (AvgIpc) is 2.46. The molecule has 1 rings (SSSR count). The Hall–Kier alpha value is -1.18. The topological polar surface area (TPSA) is 57.5 Å². The molecule has 0 aliphatic heterocycles. The predicted molar refractivity (Wildman–Crippen MR) is 78.9 cm³/mol. The number of allylic oxidation sites excluding steroid dienone is 1. The second kappa shape index (κ2) is 7.39. The van der Waals surface area contributed by atoms with E-state index < -0.39 is 34.4 Å². The minimum absolute atomic E-state index is 0.140. The van der Waals surface area contributed by atoms with Crippen molar-refractivity contribution in [3.8, 4) is 0 Å². The van der Waals surface area contributed by atoms with E-state index in [1.807, 2.05) is 0 Å². The first-order valence-electron chi connectivity index (χ1n) is 6.65. The Morgan fingerprint density at radius 3 is 2.27 bits per heavy atom. The molecule has 0 aromatic heterocycles. The van der Waals surface area contributed by atoms with Crippen molar-refractivity contribution in [2.24, 2.45) is 0 Å². The maximum Gasteiger partial charge on any atom is 0.420 e. The largest absolute Gasteiger partial charge is 0.420 e. The third-order valence-electron chi connectivity index (χ3n) is 3.41. The van der Waals surface area contributed by atoms with E-state index in [2.05, 4.69) is 6.58 Å². The van der Waals surface area contributed by atoms with Crippen LogP contribution >= 0.6 is 0 Å². The molecule has 0 heterocycles. The van der Waals surface area contributed by atoms with Crippen LogP contribution < -0.4 is 0 Å². The van der Waals surface area contributed by atoms with Crippen LogP contribution in [0.4, 0.5) is 13.2 Å². The Bertz CT molecular complexity index is 528. The molecule has 1 aromatic rings. The fourth-order valence-corrected chi connectivity index (χ4v) is 3.65. The number of aliphatic hydroxyl groups excluding tert-OH is 1. The van der Waals surface area contributed by atoms with Crippen molar-refractivity contribution in [2.75, 3.05) is 6.61 Å². The molecule has 3 atom stereocenters. The van der Waals surface area contributed by atoms with Gasteiger partial charge in [0.2, 0.25) is 0 Å². The van der Waals surface area contributed by atoms with E-state index in [0.717, 1.165) is 5.56 Å². The molecule has 7 heteroatoms. The van der Waals surface area contributed by atoms with E-state index in [9.17, 15) is 22.5 Å². The van der Waals surface area contributed by atoms with E-state index in [0.29, 0.717) is 0 Å². The van der Waals surface area contributed by atoms with E-state index in [1.54, 1.807) is 19.1 Å². The van der Waals surface area contributed by atoms with Crippen LogP contribution in [0.5, 0.6) is 0 Å². The second-order valence-electron chi connectivity index (χ2n) is 5.05. The van der Waals surface area contributed by atoms with Crippen LogP contribution in [-0.4, -0.2) is 38.1 Å². The van der Waals surface area contributed by atoms with Crippen LogP contribution in [-0.2, 0) is 10.8 Å². The van der Waals surface area contributed by atoms with Gasteiger partial charge in [0.15, 0.2) is 5.60 Å². The normalized spacial score (nSPS) is 17.5. The zero-order valence-corrected chi connectivity index (χ0v) is 13.0. The minimum Gasteiger partial charge on any atom is -0.393 e. The summed E-state index contributed by atoms with van der Waals surface area (Å²) in [5, 5.41) is 17.3. The summed E-state index contributed by atoms with van der Waals surface area (Å²) in [4.78, 5) is 0.177. The summed E-state index contributed by atoms with van der Waals surface area (Å²) in [6, 6.07) is 6.17. The molecule has 1 aromatic carbocycles. The van der Waals surface area contributed by atoms with Crippen molar-refractivity contribution in [1.82, 2.24) is 0 Å². The molecule has 0 spiro atoms. The van der Waals surface area contributed by atoms with Crippen molar-refractivity contribution in [3.63, 3.8) is 0 Å². The first-order chi connectivity index (χ1) is 10.2. The molecular weight excluding hydrogens is 317 g/mol. The summed E-state index contributed by atoms with van der Waals surface area (Å²) < 4.78 is 52.0. The van der Waals surface area contributed by atoms with Crippen LogP contribution in [0, 0.1) is 6.92 Å². The van der Waals surface area contributed by atoms with E-state index in [1.165, 1.54) is 18.2 Å². The first-order valence-corrected chi connectivity index (χ1v) is 7.86. The number of aliphatic hydroxyl groups is 2. The zero-order chi connectivity index (χ0) is 17.0. The van der Waals surface area contributed by atoms with Gasteiger partial charge in [-0.1, -0.05) is 23.8 Å². The van der Waals surface area contributed by atoms with Gasteiger partial charge in [-0.25, -0.2) is 0 Å². The smallest absolute Gasteiger partial charge is 0.393 e. The van der Waals surface area contributed by atoms with Gasteiger partial charge in [-0.05, 0) is 31.9 Å². The molecule has 0 aliphatic carbocycles. The van der Waals surface area contributed by atoms with Crippen molar-refractivity contribution in [2.45, 2.75) is 41.7 Å². The highest BCUT2D eigenvalue weighted by Gasteiger charge is 2.59. The average molecular weight is 336 g/mol. The molecule has 0 fully saturated rings. The number of aryl methyl sites for hydroxylation is 1. The highest BCUT2D eigenvalue weighted by molar-refractivity contribution is 7.85. The quantitative estimate of drug-likeness (QED) is 0.753. The van der Waals surface area contributed by atoms with Crippen molar-refractivity contribution in [3.05, 3.63) is 42.5 Å². The zero-order valence-electron chi connectivity index (χ0n) is 12.1. The maximum atomic E-state index is 13.2. The minimum atomic E-state index is -5.09. The molecule has 124 valence electrons. The number of benzene rings is 1. The van der Waals surface area contributed by atoms with Gasteiger partial charge in [0.05, 0.1) is 22.7 Å².